The Balaban J connectivity index is 1.19. The van der Waals surface area contributed by atoms with Gasteiger partial charge >= 0.3 is 0 Å². The summed E-state index contributed by atoms with van der Waals surface area (Å²) in [6.07, 6.45) is 0. The van der Waals surface area contributed by atoms with Crippen LogP contribution in [-0.4, -0.2) is 8.07 Å². The molecule has 3 aliphatic rings. The van der Waals surface area contributed by atoms with Crippen LogP contribution in [0.4, 0.5) is 17.1 Å². The van der Waals surface area contributed by atoms with Crippen molar-refractivity contribution in [2.45, 2.75) is 19.3 Å². The smallest absolute Gasteiger partial charge is 0.181 e. The van der Waals surface area contributed by atoms with Gasteiger partial charge in [0.05, 0.1) is 11.4 Å². The molecule has 274 valence electrons. The highest BCUT2D eigenvalue weighted by Crippen LogP contribution is 2.53. The molecule has 4 nitrogen and oxygen atoms in total. The van der Waals surface area contributed by atoms with E-state index >= 15 is 4.57 Å². The second-order valence-corrected chi connectivity index (χ2v) is 22.0. The van der Waals surface area contributed by atoms with Crippen LogP contribution in [0.3, 0.4) is 0 Å². The lowest BCUT2D eigenvalue weighted by atomic mass is 9.76. The van der Waals surface area contributed by atoms with Crippen LogP contribution in [0.1, 0.15) is 25.0 Å². The minimum atomic E-state index is -3.51. The first-order chi connectivity index (χ1) is 27.9. The number of hydrogen-bond donors (Lipinski definition) is 0. The fourth-order valence-electron chi connectivity index (χ4n) is 9.62. The lowest BCUT2D eigenvalue weighted by Gasteiger charge is -2.45. The Morgan fingerprint density at radius 1 is 0.474 bits per heavy atom. The molecule has 1 atom stereocenters. The largest absolute Gasteiger partial charge is 0.457 e. The van der Waals surface area contributed by atoms with E-state index in [0.717, 1.165) is 77.5 Å². The third-order valence-corrected chi connectivity index (χ3v) is 20.7. The number of ether oxygens (including phenoxy) is 2. The van der Waals surface area contributed by atoms with Crippen molar-refractivity contribution in [3.8, 4) is 23.0 Å². The van der Waals surface area contributed by atoms with Crippen LogP contribution >= 0.6 is 7.14 Å². The first kappa shape index (κ1) is 33.9. The molecule has 11 rings (SSSR count). The zero-order valence-electron chi connectivity index (χ0n) is 31.6. The normalized spacial score (nSPS) is 17.6. The lowest BCUT2D eigenvalue weighted by Crippen LogP contribution is -2.82. The standard InChI is InChI=1S/C51H38NO3PSi/c1-51(2)39-21-9-12-24-43(39)54-46-34-50-48(33-40(46)51)56(53,47-27-15-16-28-49(47)57(50,37-17-5-3-6-18-37)38-19-7-4-8-20-38)36-31-29-35(30-32-36)52-41-22-10-13-25-44(41)55-45-26-14-11-23-42(45)52/h3-34H,1-2H3. The van der Waals surface area contributed by atoms with Gasteiger partial charge in [-0.15, -0.1) is 0 Å². The van der Waals surface area contributed by atoms with Crippen molar-refractivity contribution >= 4 is 68.9 Å². The van der Waals surface area contributed by atoms with Crippen molar-refractivity contribution in [2.24, 2.45) is 0 Å². The van der Waals surface area contributed by atoms with Crippen molar-refractivity contribution < 1.29 is 14.0 Å². The van der Waals surface area contributed by atoms with E-state index in [2.05, 4.69) is 170 Å². The Morgan fingerprint density at radius 3 is 1.65 bits per heavy atom. The summed E-state index contributed by atoms with van der Waals surface area (Å²) in [4.78, 5) is 2.23. The number of fused-ring (bicyclic) bond motifs is 6. The van der Waals surface area contributed by atoms with Gasteiger partial charge in [-0.1, -0.05) is 141 Å². The molecule has 3 heterocycles. The maximum atomic E-state index is 17.0. The Bertz CT molecular complexity index is 2840. The fraction of sp³-hybridized carbons (Fsp3) is 0.0588. The number of nitrogens with zero attached hydrogens (tertiary/aromatic N) is 1. The number of benzene rings is 8. The van der Waals surface area contributed by atoms with Crippen LogP contribution in [0.5, 0.6) is 23.0 Å². The molecule has 3 aliphatic heterocycles. The molecule has 0 aliphatic carbocycles. The SMILES string of the molecule is CC1(C)c2ccccc2Oc2cc3c(cc21)P(=O)(c1ccc(N2c4ccccc4Oc4ccccc42)cc1)c1ccccc1[Si]3(c1ccccc1)c1ccccc1. The van der Waals surface area contributed by atoms with E-state index in [1.165, 1.54) is 10.4 Å². The van der Waals surface area contributed by atoms with E-state index in [4.69, 9.17) is 9.47 Å². The van der Waals surface area contributed by atoms with Gasteiger partial charge in [0.1, 0.15) is 11.5 Å². The molecule has 0 bridgehead atoms. The van der Waals surface area contributed by atoms with Gasteiger partial charge in [-0.2, -0.15) is 0 Å². The van der Waals surface area contributed by atoms with Crippen LogP contribution < -0.4 is 51.0 Å². The van der Waals surface area contributed by atoms with Gasteiger partial charge in [0, 0.05) is 38.1 Å². The molecule has 0 radical (unpaired) electrons. The minimum Gasteiger partial charge on any atom is -0.457 e. The van der Waals surface area contributed by atoms with Crippen molar-refractivity contribution in [3.63, 3.8) is 0 Å². The molecule has 0 saturated heterocycles. The minimum absolute atomic E-state index is 0.397. The summed E-state index contributed by atoms with van der Waals surface area (Å²) < 4.78 is 30.2. The summed E-state index contributed by atoms with van der Waals surface area (Å²) in [5.41, 5.74) is 4.65. The van der Waals surface area contributed by atoms with E-state index in [0.29, 0.717) is 0 Å². The molecule has 8 aromatic rings. The van der Waals surface area contributed by atoms with E-state index in [9.17, 15) is 0 Å². The number of rotatable bonds is 4. The molecule has 8 aromatic carbocycles. The zero-order chi connectivity index (χ0) is 38.4. The maximum Gasteiger partial charge on any atom is 0.181 e. The topological polar surface area (TPSA) is 38.8 Å². The molecule has 0 N–H and O–H groups in total. The molecular weight excluding hydrogens is 734 g/mol. The number of para-hydroxylation sites is 5. The average Bonchev–Trinajstić information content (AvgIpc) is 3.26. The quantitative estimate of drug-likeness (QED) is 0.132. The van der Waals surface area contributed by atoms with Crippen LogP contribution in [0.2, 0.25) is 0 Å². The molecule has 57 heavy (non-hydrogen) atoms. The zero-order valence-corrected chi connectivity index (χ0v) is 33.5. The monoisotopic (exact) mass is 771 g/mol. The number of anilines is 3. The van der Waals surface area contributed by atoms with E-state index in [-0.39, 0.29) is 0 Å². The van der Waals surface area contributed by atoms with Gasteiger partial charge in [-0.05, 0) is 87.5 Å². The van der Waals surface area contributed by atoms with Gasteiger partial charge in [-0.3, -0.25) is 0 Å². The Kier molecular flexibility index (Phi) is 7.47. The highest BCUT2D eigenvalue weighted by molar-refractivity contribution is 7.87. The van der Waals surface area contributed by atoms with Crippen molar-refractivity contribution in [2.75, 3.05) is 4.90 Å². The molecule has 0 amide bonds. The molecule has 6 heteroatoms. The fourth-order valence-corrected chi connectivity index (χ4v) is 19.2. The van der Waals surface area contributed by atoms with Crippen LogP contribution in [0.25, 0.3) is 0 Å². The highest BCUT2D eigenvalue weighted by atomic mass is 31.2. The molecular formula is C51H38NO3PSi. The van der Waals surface area contributed by atoms with Gasteiger partial charge in [-0.25, -0.2) is 0 Å². The van der Waals surface area contributed by atoms with E-state index in [1.807, 2.05) is 42.5 Å². The first-order valence-corrected chi connectivity index (χ1v) is 23.2. The average molecular weight is 772 g/mol. The summed E-state index contributed by atoms with van der Waals surface area (Å²) in [5, 5.41) is 7.34. The molecule has 0 aromatic heterocycles. The summed E-state index contributed by atoms with van der Waals surface area (Å²) >= 11 is 0. The lowest BCUT2D eigenvalue weighted by molar-refractivity contribution is 0.418. The maximum absolute atomic E-state index is 17.0. The molecule has 0 fully saturated rings. The van der Waals surface area contributed by atoms with Gasteiger partial charge < -0.3 is 18.9 Å². The van der Waals surface area contributed by atoms with E-state index in [1.54, 1.807) is 0 Å². The first-order valence-electron chi connectivity index (χ1n) is 19.4. The van der Waals surface area contributed by atoms with Gasteiger partial charge in [0.15, 0.2) is 26.7 Å². The van der Waals surface area contributed by atoms with Gasteiger partial charge in [0.25, 0.3) is 0 Å². The third kappa shape index (κ3) is 4.76. The highest BCUT2D eigenvalue weighted by Gasteiger charge is 2.54. The predicted molar refractivity (Wildman–Crippen MR) is 236 cm³/mol. The second kappa shape index (κ2) is 12.6. The number of hydrogen-bond acceptors (Lipinski definition) is 4. The third-order valence-electron chi connectivity index (χ3n) is 12.3. The Morgan fingerprint density at radius 2 is 1.00 bits per heavy atom. The van der Waals surface area contributed by atoms with Crippen molar-refractivity contribution in [1.82, 2.24) is 0 Å². The van der Waals surface area contributed by atoms with E-state index < -0.39 is 20.6 Å². The Labute approximate surface area is 334 Å². The summed E-state index contributed by atoms with van der Waals surface area (Å²) in [7, 11) is -6.60. The molecule has 0 saturated carbocycles. The summed E-state index contributed by atoms with van der Waals surface area (Å²) in [5.74, 6) is 3.28. The Hall–Kier alpha value is -6.39. The molecule has 1 unspecified atom stereocenters. The van der Waals surface area contributed by atoms with Crippen LogP contribution in [0.15, 0.2) is 194 Å². The van der Waals surface area contributed by atoms with Crippen LogP contribution in [0, 0.1) is 0 Å². The summed E-state index contributed by atoms with van der Waals surface area (Å²) in [6.45, 7) is 4.51. The predicted octanol–water partition coefficient (Wildman–Crippen LogP) is 9.02. The van der Waals surface area contributed by atoms with Crippen molar-refractivity contribution in [3.05, 3.63) is 205 Å². The molecule has 0 spiro atoms. The second-order valence-electron chi connectivity index (χ2n) is 15.6. The summed E-state index contributed by atoms with van der Waals surface area (Å²) in [6, 6.07) is 67.8. The van der Waals surface area contributed by atoms with Gasteiger partial charge in [0.2, 0.25) is 0 Å². The van der Waals surface area contributed by atoms with Crippen molar-refractivity contribution in [1.29, 1.82) is 0 Å². The van der Waals surface area contributed by atoms with Crippen LogP contribution in [-0.2, 0) is 9.98 Å².